The van der Waals surface area contributed by atoms with Gasteiger partial charge in [0.05, 0.1) is 19.3 Å². The lowest BCUT2D eigenvalue weighted by atomic mass is 9.85. The molecule has 0 saturated carbocycles. The SMILES string of the molecule is COC(=O)C(C)(NOCc1ccccc1)C(C)(C)O. The molecule has 5 heteroatoms. The van der Waals surface area contributed by atoms with Crippen LogP contribution in [0, 0.1) is 0 Å². The highest BCUT2D eigenvalue weighted by molar-refractivity contribution is 5.81. The monoisotopic (exact) mass is 267 g/mol. The maximum Gasteiger partial charge on any atom is 0.331 e. The molecular weight excluding hydrogens is 246 g/mol. The number of methoxy groups -OCH3 is 1. The lowest BCUT2D eigenvalue weighted by Crippen LogP contribution is -2.63. The first-order valence-corrected chi connectivity index (χ1v) is 6.05. The summed E-state index contributed by atoms with van der Waals surface area (Å²) in [5.41, 5.74) is 0.880. The number of esters is 1. The number of rotatable bonds is 6. The molecule has 19 heavy (non-hydrogen) atoms. The smallest absolute Gasteiger partial charge is 0.331 e. The Morgan fingerprint density at radius 1 is 1.26 bits per heavy atom. The summed E-state index contributed by atoms with van der Waals surface area (Å²) < 4.78 is 4.70. The molecule has 0 radical (unpaired) electrons. The van der Waals surface area contributed by atoms with Gasteiger partial charge in [-0.05, 0) is 26.3 Å². The van der Waals surface area contributed by atoms with Crippen molar-refractivity contribution in [1.29, 1.82) is 0 Å². The second kappa shape index (κ2) is 6.14. The van der Waals surface area contributed by atoms with Crippen LogP contribution in [0.5, 0.6) is 0 Å². The van der Waals surface area contributed by atoms with Gasteiger partial charge < -0.3 is 9.84 Å². The summed E-state index contributed by atoms with van der Waals surface area (Å²) in [5, 5.41) is 10.1. The Kier molecular flexibility index (Phi) is 5.05. The van der Waals surface area contributed by atoms with Crippen LogP contribution in [-0.2, 0) is 21.0 Å². The fourth-order valence-corrected chi connectivity index (χ4v) is 1.46. The molecule has 0 aliphatic rings. The maximum atomic E-state index is 11.8. The lowest BCUT2D eigenvalue weighted by Gasteiger charge is -2.37. The Morgan fingerprint density at radius 3 is 2.32 bits per heavy atom. The number of carbonyl (C=O) groups excluding carboxylic acids is 1. The number of ether oxygens (including phenoxy) is 1. The van der Waals surface area contributed by atoms with Gasteiger partial charge in [-0.15, -0.1) is 0 Å². The number of nitrogens with one attached hydrogen (secondary N) is 1. The van der Waals surface area contributed by atoms with Crippen molar-refractivity contribution in [3.8, 4) is 0 Å². The van der Waals surface area contributed by atoms with Crippen LogP contribution in [0.25, 0.3) is 0 Å². The molecule has 106 valence electrons. The Morgan fingerprint density at radius 2 is 1.84 bits per heavy atom. The van der Waals surface area contributed by atoms with Crippen LogP contribution in [0.4, 0.5) is 0 Å². The molecule has 1 unspecified atom stereocenters. The van der Waals surface area contributed by atoms with Crippen molar-refractivity contribution in [2.45, 2.75) is 38.5 Å². The first-order valence-electron chi connectivity index (χ1n) is 6.05. The number of carbonyl (C=O) groups is 1. The van der Waals surface area contributed by atoms with E-state index in [1.165, 1.54) is 27.9 Å². The highest BCUT2D eigenvalue weighted by atomic mass is 16.7. The zero-order chi connectivity index (χ0) is 14.5. The molecule has 1 aromatic rings. The molecule has 2 N–H and O–H groups in total. The van der Waals surface area contributed by atoms with Crippen molar-refractivity contribution in [2.75, 3.05) is 7.11 Å². The second-order valence-corrected chi connectivity index (χ2v) is 5.05. The van der Waals surface area contributed by atoms with Gasteiger partial charge in [-0.2, -0.15) is 5.48 Å². The van der Waals surface area contributed by atoms with E-state index in [1.807, 2.05) is 30.3 Å². The molecule has 0 bridgehead atoms. The molecule has 0 aliphatic carbocycles. The van der Waals surface area contributed by atoms with E-state index >= 15 is 0 Å². The number of benzene rings is 1. The van der Waals surface area contributed by atoms with Crippen LogP contribution in [0.15, 0.2) is 30.3 Å². The third kappa shape index (κ3) is 3.76. The van der Waals surface area contributed by atoms with Crippen LogP contribution in [-0.4, -0.2) is 29.3 Å². The van der Waals surface area contributed by atoms with Gasteiger partial charge in [-0.3, -0.25) is 4.84 Å². The van der Waals surface area contributed by atoms with E-state index in [0.29, 0.717) is 0 Å². The van der Waals surface area contributed by atoms with Gasteiger partial charge in [-0.1, -0.05) is 30.3 Å². The predicted octanol–water partition coefficient (Wildman–Crippen LogP) is 1.41. The van der Waals surface area contributed by atoms with Crippen LogP contribution in [0.3, 0.4) is 0 Å². The van der Waals surface area contributed by atoms with Gasteiger partial charge in [0.2, 0.25) is 0 Å². The minimum atomic E-state index is -1.35. The molecule has 0 heterocycles. The molecule has 0 aromatic heterocycles. The highest BCUT2D eigenvalue weighted by Crippen LogP contribution is 2.23. The quantitative estimate of drug-likeness (QED) is 0.602. The summed E-state index contributed by atoms with van der Waals surface area (Å²) in [5.74, 6) is -0.590. The summed E-state index contributed by atoms with van der Waals surface area (Å²) in [4.78, 5) is 17.1. The van der Waals surface area contributed by atoms with Crippen molar-refractivity contribution in [3.63, 3.8) is 0 Å². The number of hydrogen-bond acceptors (Lipinski definition) is 5. The van der Waals surface area contributed by atoms with Gasteiger partial charge in [-0.25, -0.2) is 4.79 Å². The van der Waals surface area contributed by atoms with Crippen LogP contribution >= 0.6 is 0 Å². The first-order chi connectivity index (χ1) is 8.81. The van der Waals surface area contributed by atoms with Crippen LogP contribution in [0.2, 0.25) is 0 Å². The third-order valence-corrected chi connectivity index (χ3v) is 3.18. The lowest BCUT2D eigenvalue weighted by molar-refractivity contribution is -0.174. The van der Waals surface area contributed by atoms with Crippen molar-refractivity contribution in [3.05, 3.63) is 35.9 Å². The highest BCUT2D eigenvalue weighted by Gasteiger charge is 2.48. The number of hydroxylamine groups is 1. The number of hydrogen-bond donors (Lipinski definition) is 2. The Bertz CT molecular complexity index is 413. The van der Waals surface area contributed by atoms with E-state index < -0.39 is 17.1 Å². The van der Waals surface area contributed by atoms with Gasteiger partial charge >= 0.3 is 5.97 Å². The average Bonchev–Trinajstić information content (AvgIpc) is 2.37. The number of aliphatic hydroxyl groups is 1. The van der Waals surface area contributed by atoms with E-state index in [0.717, 1.165) is 5.56 Å². The molecule has 0 amide bonds. The zero-order valence-corrected chi connectivity index (χ0v) is 11.8. The molecule has 0 fully saturated rings. The van der Waals surface area contributed by atoms with Gasteiger partial charge in [0.1, 0.15) is 0 Å². The van der Waals surface area contributed by atoms with E-state index in [4.69, 9.17) is 9.57 Å². The van der Waals surface area contributed by atoms with Crippen LogP contribution < -0.4 is 5.48 Å². The van der Waals surface area contributed by atoms with Crippen molar-refractivity contribution >= 4 is 5.97 Å². The Hall–Kier alpha value is -1.43. The molecule has 5 nitrogen and oxygen atoms in total. The largest absolute Gasteiger partial charge is 0.468 e. The topological polar surface area (TPSA) is 67.8 Å². The summed E-state index contributed by atoms with van der Waals surface area (Å²) in [7, 11) is 1.27. The fraction of sp³-hybridized carbons (Fsp3) is 0.500. The second-order valence-electron chi connectivity index (χ2n) is 5.05. The molecule has 0 spiro atoms. The third-order valence-electron chi connectivity index (χ3n) is 3.18. The standard InChI is InChI=1S/C14H21NO4/c1-13(2,17)14(3,12(16)18-4)15-19-10-11-8-6-5-7-9-11/h5-9,15,17H,10H2,1-4H3. The van der Waals surface area contributed by atoms with Crippen molar-refractivity contribution in [1.82, 2.24) is 5.48 Å². The minimum Gasteiger partial charge on any atom is -0.468 e. The fourth-order valence-electron chi connectivity index (χ4n) is 1.46. The van der Waals surface area contributed by atoms with Crippen molar-refractivity contribution < 1.29 is 19.5 Å². The van der Waals surface area contributed by atoms with E-state index in [1.54, 1.807) is 0 Å². The van der Waals surface area contributed by atoms with Gasteiger partial charge in [0, 0.05) is 0 Å². The molecule has 0 saturated heterocycles. The predicted molar refractivity (Wildman–Crippen MR) is 71.1 cm³/mol. The van der Waals surface area contributed by atoms with E-state index in [9.17, 15) is 9.90 Å². The maximum absolute atomic E-state index is 11.8. The molecule has 1 aromatic carbocycles. The zero-order valence-electron chi connectivity index (χ0n) is 11.8. The van der Waals surface area contributed by atoms with Gasteiger partial charge in [0.15, 0.2) is 5.54 Å². The molecule has 0 aliphatic heterocycles. The molecular formula is C14H21NO4. The Labute approximate surface area is 113 Å². The summed E-state index contributed by atoms with van der Waals surface area (Å²) in [6, 6.07) is 9.51. The van der Waals surface area contributed by atoms with Crippen LogP contribution in [0.1, 0.15) is 26.3 Å². The van der Waals surface area contributed by atoms with E-state index in [-0.39, 0.29) is 6.61 Å². The summed E-state index contributed by atoms with van der Waals surface area (Å²) in [6.45, 7) is 4.85. The van der Waals surface area contributed by atoms with E-state index in [2.05, 4.69) is 5.48 Å². The molecule has 1 atom stereocenters. The summed E-state index contributed by atoms with van der Waals surface area (Å²) in [6.07, 6.45) is 0. The normalized spacial score (nSPS) is 14.8. The Balaban J connectivity index is 2.68. The van der Waals surface area contributed by atoms with Crippen molar-refractivity contribution in [2.24, 2.45) is 0 Å². The average molecular weight is 267 g/mol. The first kappa shape index (κ1) is 15.6. The van der Waals surface area contributed by atoms with Gasteiger partial charge in [0.25, 0.3) is 0 Å². The molecule has 1 rings (SSSR count). The summed E-state index contributed by atoms with van der Waals surface area (Å²) >= 11 is 0. The minimum absolute atomic E-state index is 0.281.